The highest BCUT2D eigenvalue weighted by Gasteiger charge is 2.51. The van der Waals surface area contributed by atoms with E-state index in [2.05, 4.69) is 262 Å². The number of fused-ring (bicyclic) bond motifs is 3. The number of anilines is 3. The summed E-state index contributed by atoms with van der Waals surface area (Å²) in [5.74, 6) is 5.65. The highest BCUT2D eigenvalue weighted by atomic mass is 79.9. The highest BCUT2D eigenvalue weighted by Crippen LogP contribution is 2.45. The molecular formula is C97H135BBrCl5N22O6. The number of H-pyrrole nitrogens is 1. The summed E-state index contributed by atoms with van der Waals surface area (Å²) in [5.41, 5.74) is 17.9. The van der Waals surface area contributed by atoms with Crippen LogP contribution < -0.4 is 46.4 Å². The number of aromatic hydroxyl groups is 1. The molecule has 7 aromatic heterocycles. The number of aromatic nitrogens is 14. The Balaban J connectivity index is 0.000000151. The lowest BCUT2D eigenvalue weighted by atomic mass is 9.79. The standard InChI is InChI=1S/C31H42N6O3.C24H30N6O.C15H23ClN4.C9H20N2.C8H15BO2.C6H4Cl2N2.C4HBrCl2N2/c1-30(2)16-24(17-31(3,4)35-30)36-12-11-22-14-26(33-34-29(22)36)25-10-9-21(15-27(25)40-20-38-5)23-18-32-37(19-23)28-8-6-7-13-39-28;1-23(2)11-18(12-24(3,4)29-23)30-8-7-16-9-20(27-28-22(16)30)19-6-5-15(10-21(19)31)17-13-25-26-14-17;1-14(2)8-11(9-15(3,4)19-14)20-6-5-10-7-12(16)17-18-13(10)20;1-8(2)5-7(10)6-9(3,4)11-8;1-6-9-10-7(2,3)8(4,5)11-9;1-2-4-3-5(7)9-10-6(4)8;5-2-1-3(6)8-9-4(2)7/h9-10,14-15,18-19,24,28,35H,6-8,11-13,16-17,20H2,1-5H3;5-6,9-10,13-14,18,29,31H,7-8,11-12H2,1-4H3,(H,25,26);7,11,19H,5-6,8-9H2,1-4H3;7,11H,5-6,10H2,1-4H3;6H,1H2,2-5H3;2-3H,1H2;1H. The van der Waals surface area contributed by atoms with E-state index < -0.39 is 0 Å². The number of ether oxygens (including phenoxy) is 3. The normalized spacial score (nSPS) is 21.4. The average Bonchev–Trinajstić information content (AvgIpc) is 1.60. The number of hydrogen-bond donors (Lipinski definition) is 7. The van der Waals surface area contributed by atoms with Crippen molar-refractivity contribution in [3.8, 4) is 56.3 Å². The lowest BCUT2D eigenvalue weighted by Gasteiger charge is -2.49. The molecule has 6 saturated heterocycles. The molecule has 35 heteroatoms. The molecule has 6 fully saturated rings. The van der Waals surface area contributed by atoms with Crippen molar-refractivity contribution in [3.05, 3.63) is 163 Å². The first-order valence-electron chi connectivity index (χ1n) is 45.7. The van der Waals surface area contributed by atoms with Crippen LogP contribution in [0.5, 0.6) is 11.5 Å². The summed E-state index contributed by atoms with van der Waals surface area (Å²) in [4.78, 5) is 7.36. The van der Waals surface area contributed by atoms with Crippen LogP contribution >= 0.6 is 73.9 Å². The molecule has 1 unspecified atom stereocenters. The second-order valence-corrected chi connectivity index (χ2v) is 45.0. The molecule has 132 heavy (non-hydrogen) atoms. The maximum absolute atomic E-state index is 10.6. The maximum atomic E-state index is 10.6. The van der Waals surface area contributed by atoms with Gasteiger partial charge in [0, 0.05) is 159 Å². The molecule has 0 saturated carbocycles. The van der Waals surface area contributed by atoms with E-state index in [1.807, 2.05) is 69.0 Å². The smallest absolute Gasteiger partial charge is 0.486 e. The summed E-state index contributed by atoms with van der Waals surface area (Å²) in [7, 11) is 1.38. The number of rotatable bonds is 13. The lowest BCUT2D eigenvalue weighted by molar-refractivity contribution is -0.0394. The molecule has 18 rings (SSSR count). The van der Waals surface area contributed by atoms with Gasteiger partial charge in [0.05, 0.1) is 39.5 Å². The summed E-state index contributed by atoms with van der Waals surface area (Å²) >= 11 is 31.1. The fourth-order valence-electron chi connectivity index (χ4n) is 20.7. The summed E-state index contributed by atoms with van der Waals surface area (Å²) in [5, 5.41) is 79.8. The van der Waals surface area contributed by atoms with Gasteiger partial charge in [-0.1, -0.05) is 88.8 Å². The van der Waals surface area contributed by atoms with Gasteiger partial charge >= 0.3 is 7.12 Å². The van der Waals surface area contributed by atoms with E-state index in [9.17, 15) is 5.11 Å². The summed E-state index contributed by atoms with van der Waals surface area (Å²) < 4.78 is 30.9. The molecule has 0 amide bonds. The van der Waals surface area contributed by atoms with Crippen molar-refractivity contribution < 1.29 is 28.6 Å². The molecule has 0 spiro atoms. The number of nitrogens with one attached hydrogen (secondary N) is 5. The van der Waals surface area contributed by atoms with Crippen molar-refractivity contribution in [2.24, 2.45) is 5.73 Å². The predicted molar refractivity (Wildman–Crippen MR) is 537 cm³/mol. The molecule has 9 aromatic rings. The van der Waals surface area contributed by atoms with Gasteiger partial charge in [-0.05, 0) is 310 Å². The topological polar surface area (TPSA) is 326 Å². The number of methoxy groups -OCH3 is 1. The van der Waals surface area contributed by atoms with E-state index in [4.69, 9.17) is 97.5 Å². The second kappa shape index (κ2) is 42.1. The maximum Gasteiger partial charge on any atom is 0.486 e. The van der Waals surface area contributed by atoms with Gasteiger partial charge in [0.2, 0.25) is 0 Å². The summed E-state index contributed by atoms with van der Waals surface area (Å²) in [6, 6.07) is 23.0. The molecule has 0 bridgehead atoms. The van der Waals surface area contributed by atoms with Crippen LogP contribution in [0.1, 0.15) is 238 Å². The minimum Gasteiger partial charge on any atom is -0.507 e. The van der Waals surface area contributed by atoms with E-state index in [0.717, 1.165) is 167 Å². The number of benzene rings is 2. The van der Waals surface area contributed by atoms with Gasteiger partial charge < -0.3 is 70.3 Å². The first kappa shape index (κ1) is 103. The zero-order valence-corrected chi connectivity index (χ0v) is 86.0. The Morgan fingerprint density at radius 1 is 0.515 bits per heavy atom. The van der Waals surface area contributed by atoms with Crippen molar-refractivity contribution >= 4 is 105 Å². The van der Waals surface area contributed by atoms with E-state index in [0.29, 0.717) is 77.0 Å². The third-order valence-corrected chi connectivity index (χ3v) is 27.4. The second-order valence-electron chi connectivity index (χ2n) is 42.2. The molecule has 9 aliphatic rings. The zero-order chi connectivity index (χ0) is 96.1. The van der Waals surface area contributed by atoms with Gasteiger partial charge in [0.1, 0.15) is 17.7 Å². The molecule has 28 nitrogen and oxygen atoms in total. The van der Waals surface area contributed by atoms with Gasteiger partial charge in [0.15, 0.2) is 50.0 Å². The number of phenols is 1. The largest absolute Gasteiger partial charge is 0.507 e. The molecule has 16 heterocycles. The van der Waals surface area contributed by atoms with Crippen molar-refractivity contribution in [2.75, 3.05) is 54.8 Å². The molecule has 8 N–H and O–H groups in total. The number of hydrogen-bond acceptors (Lipinski definition) is 26. The molecule has 0 radical (unpaired) electrons. The lowest BCUT2D eigenvalue weighted by Crippen LogP contribution is -2.62. The van der Waals surface area contributed by atoms with Crippen LogP contribution in [0, 0.1) is 0 Å². The van der Waals surface area contributed by atoms with Crippen molar-refractivity contribution in [1.82, 2.24) is 92.2 Å². The number of piperidine rings is 4. The van der Waals surface area contributed by atoms with Crippen LogP contribution in [0.15, 0.2) is 115 Å². The third kappa shape index (κ3) is 27.2. The quantitative estimate of drug-likeness (QED) is 0.0416. The molecular weight excluding hydrogens is 1840 g/mol. The molecule has 2 aromatic carbocycles. The Hall–Kier alpha value is -7.63. The summed E-state index contributed by atoms with van der Waals surface area (Å²) in [6.45, 7) is 55.5. The fraction of sp³-hybridized carbons (Fsp3) is 0.567. The van der Waals surface area contributed by atoms with Crippen molar-refractivity contribution in [1.29, 1.82) is 0 Å². The van der Waals surface area contributed by atoms with Gasteiger partial charge in [-0.3, -0.25) is 5.10 Å². The van der Waals surface area contributed by atoms with E-state index in [-0.39, 0.29) is 81.4 Å². The van der Waals surface area contributed by atoms with Gasteiger partial charge in [-0.25, -0.2) is 4.68 Å². The number of nitrogens with two attached hydrogens (primary N) is 1. The van der Waals surface area contributed by atoms with Gasteiger partial charge in [0.25, 0.3) is 0 Å². The third-order valence-electron chi connectivity index (χ3n) is 25.4. The van der Waals surface area contributed by atoms with Crippen molar-refractivity contribution in [2.45, 2.75) is 314 Å². The first-order chi connectivity index (χ1) is 61.8. The van der Waals surface area contributed by atoms with Crippen LogP contribution in [-0.2, 0) is 38.0 Å². The Morgan fingerprint density at radius 3 is 1.37 bits per heavy atom. The molecule has 0 aliphatic carbocycles. The number of phenolic OH excluding ortho intramolecular Hbond substituents is 1. The Bertz CT molecular complexity index is 5380. The van der Waals surface area contributed by atoms with Crippen molar-refractivity contribution in [3.63, 3.8) is 0 Å². The summed E-state index contributed by atoms with van der Waals surface area (Å²) in [6.07, 6.45) is 24.0. The SMILES string of the molecule is C=CB1OC(C)(C)C(C)(C)O1.C=Cc1cc(Cl)nnc1Cl.CC1(C)CC(N)CC(C)(C)N1.CC1(C)CC(N2CCc3cc(-c4ccc(-c5cn[nH]c5)cc4O)nnc32)CC(C)(C)N1.CC1(C)CC(N2CCc3cc(Cl)nnc32)CC(C)(C)N1.COCOc1cc(-c2cnn(C3CCCCO3)c2)ccc1-c1cc2c(nn1)N(C1CC(C)(C)NC(C)(C)C1)CC2.Clc1cc(Br)c(Cl)nn1. The molecule has 714 valence electrons. The zero-order valence-electron chi connectivity index (χ0n) is 80.6. The van der Waals surface area contributed by atoms with E-state index in [1.165, 1.54) is 16.7 Å². The fourth-order valence-corrected chi connectivity index (χ4v) is 21.8. The van der Waals surface area contributed by atoms with E-state index >= 15 is 0 Å². The number of nitrogens with zero attached hydrogens (tertiary/aromatic N) is 16. The van der Waals surface area contributed by atoms with Crippen LogP contribution in [0.3, 0.4) is 0 Å². The van der Waals surface area contributed by atoms with Gasteiger partial charge in [-0.15, -0.1) is 57.6 Å². The number of halogens is 6. The minimum absolute atomic E-state index is 0.00857. The predicted octanol–water partition coefficient (Wildman–Crippen LogP) is 20.1. The minimum atomic E-state index is -0.250. The van der Waals surface area contributed by atoms with Crippen LogP contribution in [0.4, 0.5) is 17.5 Å². The number of aromatic amines is 1. The van der Waals surface area contributed by atoms with Crippen LogP contribution in [-0.4, -0.2) is 203 Å². The monoisotopic (exact) mass is 1970 g/mol. The van der Waals surface area contributed by atoms with Gasteiger partial charge in [-0.2, -0.15) is 10.2 Å². The van der Waals surface area contributed by atoms with E-state index in [1.54, 1.807) is 43.6 Å². The Kier molecular flexibility index (Phi) is 33.0. The first-order valence-corrected chi connectivity index (χ1v) is 48.4. The van der Waals surface area contributed by atoms with Crippen LogP contribution in [0.2, 0.25) is 25.8 Å². The Labute approximate surface area is 814 Å². The molecule has 1 atom stereocenters. The highest BCUT2D eigenvalue weighted by molar-refractivity contribution is 9.10. The Morgan fingerprint density at radius 2 is 0.955 bits per heavy atom. The average molecular weight is 1970 g/mol. The van der Waals surface area contributed by atoms with Crippen LogP contribution in [0.25, 0.3) is 50.8 Å². The molecule has 9 aliphatic heterocycles.